The largest absolute Gasteiger partial charge is 0.309 e. The average Bonchev–Trinajstić information content (AvgIpc) is 2.12. The predicted octanol–water partition coefficient (Wildman–Crippen LogP) is 0.984. The molecule has 0 atom stereocenters. The number of nitrogens with one attached hydrogen (secondary N) is 1. The normalized spacial score (nSPS) is 15.9. The van der Waals surface area contributed by atoms with Gasteiger partial charge in [-0.05, 0) is 5.92 Å². The first-order valence-corrected chi connectivity index (χ1v) is 4.78. The molecule has 2 rings (SSSR count). The number of hydrogen-bond donors (Lipinski definition) is 1. The zero-order chi connectivity index (χ0) is 9.97. The smallest absolute Gasteiger partial charge is 0.268 e. The molecule has 1 aliphatic carbocycles. The fourth-order valence-corrected chi connectivity index (χ4v) is 1.59. The zero-order valence-electron chi connectivity index (χ0n) is 7.79. The summed E-state index contributed by atoms with van der Waals surface area (Å²) in [6.07, 6.45) is 5.92. The van der Waals surface area contributed by atoms with Crippen molar-refractivity contribution in [2.75, 3.05) is 0 Å². The molecule has 1 heterocycles. The third-order valence-electron chi connectivity index (χ3n) is 2.68. The van der Waals surface area contributed by atoms with Gasteiger partial charge in [0.05, 0.1) is 6.20 Å². The van der Waals surface area contributed by atoms with Crippen LogP contribution in [0.1, 0.15) is 30.7 Å². The highest BCUT2D eigenvalue weighted by atomic mass is 16.1. The Kier molecular flexibility index (Phi) is 2.32. The molecule has 1 fully saturated rings. The summed E-state index contributed by atoms with van der Waals surface area (Å²) in [4.78, 5) is 17.9. The van der Waals surface area contributed by atoms with Gasteiger partial charge >= 0.3 is 0 Å². The van der Waals surface area contributed by atoms with Gasteiger partial charge in [0, 0.05) is 6.42 Å². The van der Waals surface area contributed by atoms with E-state index in [9.17, 15) is 4.79 Å². The Morgan fingerprint density at radius 3 is 2.93 bits per heavy atom. The number of aromatic nitrogens is 2. The summed E-state index contributed by atoms with van der Waals surface area (Å²) in [6, 6.07) is 1.80. The third-order valence-corrected chi connectivity index (χ3v) is 2.68. The van der Waals surface area contributed by atoms with Crippen molar-refractivity contribution < 1.29 is 0 Å². The summed E-state index contributed by atoms with van der Waals surface area (Å²) in [7, 11) is 0. The molecule has 0 aromatic carbocycles. The van der Waals surface area contributed by atoms with Crippen LogP contribution in [0.3, 0.4) is 0 Å². The Bertz CT molecular complexity index is 426. The lowest BCUT2D eigenvalue weighted by Crippen LogP contribution is -2.20. The van der Waals surface area contributed by atoms with Gasteiger partial charge in [-0.1, -0.05) is 19.3 Å². The summed E-state index contributed by atoms with van der Waals surface area (Å²) in [6.45, 7) is 0. The van der Waals surface area contributed by atoms with Gasteiger partial charge in [0.25, 0.3) is 5.56 Å². The van der Waals surface area contributed by atoms with E-state index in [1.165, 1.54) is 25.5 Å². The molecule has 14 heavy (non-hydrogen) atoms. The van der Waals surface area contributed by atoms with Crippen LogP contribution in [-0.4, -0.2) is 9.97 Å². The van der Waals surface area contributed by atoms with Crippen LogP contribution in [0.15, 0.2) is 11.0 Å². The highest BCUT2D eigenvalue weighted by molar-refractivity contribution is 5.22. The van der Waals surface area contributed by atoms with Crippen LogP contribution in [0.25, 0.3) is 0 Å². The summed E-state index contributed by atoms with van der Waals surface area (Å²) in [5, 5.41) is 8.54. The molecule has 0 amide bonds. The Morgan fingerprint density at radius 2 is 2.43 bits per heavy atom. The molecule has 72 valence electrons. The van der Waals surface area contributed by atoms with Crippen molar-refractivity contribution in [3.63, 3.8) is 0 Å². The minimum Gasteiger partial charge on any atom is -0.309 e. The molecule has 0 spiro atoms. The molecule has 1 aromatic rings. The van der Waals surface area contributed by atoms with Gasteiger partial charge in [-0.25, -0.2) is 4.98 Å². The van der Waals surface area contributed by atoms with Crippen LogP contribution in [0.5, 0.6) is 0 Å². The molecule has 0 aliphatic heterocycles. The first kappa shape index (κ1) is 8.95. The molecule has 0 bridgehead atoms. The van der Waals surface area contributed by atoms with E-state index in [4.69, 9.17) is 5.26 Å². The minimum atomic E-state index is -0.322. The summed E-state index contributed by atoms with van der Waals surface area (Å²) >= 11 is 0. The molecule has 0 radical (unpaired) electrons. The van der Waals surface area contributed by atoms with Crippen molar-refractivity contribution in [3.8, 4) is 6.07 Å². The first-order chi connectivity index (χ1) is 6.79. The van der Waals surface area contributed by atoms with Crippen molar-refractivity contribution in [3.05, 3.63) is 27.9 Å². The number of aromatic amines is 1. The van der Waals surface area contributed by atoms with Crippen LogP contribution < -0.4 is 5.56 Å². The predicted molar refractivity (Wildman–Crippen MR) is 50.6 cm³/mol. The van der Waals surface area contributed by atoms with Crippen LogP contribution in [0.2, 0.25) is 0 Å². The van der Waals surface area contributed by atoms with E-state index in [1.54, 1.807) is 6.07 Å². The van der Waals surface area contributed by atoms with E-state index in [2.05, 4.69) is 9.97 Å². The van der Waals surface area contributed by atoms with Crippen LogP contribution in [0, 0.1) is 17.2 Å². The van der Waals surface area contributed by atoms with Gasteiger partial charge in [-0.15, -0.1) is 0 Å². The quantitative estimate of drug-likeness (QED) is 0.754. The molecular weight excluding hydrogens is 178 g/mol. The van der Waals surface area contributed by atoms with E-state index >= 15 is 0 Å². The maximum atomic E-state index is 11.2. The lowest BCUT2D eigenvalue weighted by Gasteiger charge is -2.24. The molecule has 1 aliphatic rings. The van der Waals surface area contributed by atoms with E-state index in [0.29, 0.717) is 11.7 Å². The number of hydrogen-bond acceptors (Lipinski definition) is 3. The molecule has 0 unspecified atom stereocenters. The number of nitrogens with zero attached hydrogens (tertiary/aromatic N) is 2. The molecule has 1 N–H and O–H groups in total. The van der Waals surface area contributed by atoms with Gasteiger partial charge in [-0.3, -0.25) is 4.79 Å². The molecule has 0 saturated heterocycles. The van der Waals surface area contributed by atoms with Crippen LogP contribution in [0.4, 0.5) is 0 Å². The maximum Gasteiger partial charge on any atom is 0.268 e. The van der Waals surface area contributed by atoms with Crippen molar-refractivity contribution in [1.29, 1.82) is 5.26 Å². The standard InChI is InChI=1S/C10H11N3O/c11-5-8-6-12-9(13-10(8)14)4-7-2-1-3-7/h6-7H,1-4H2,(H,12,13,14). The second kappa shape index (κ2) is 3.62. The first-order valence-electron chi connectivity index (χ1n) is 4.78. The second-order valence-corrected chi connectivity index (χ2v) is 3.69. The highest BCUT2D eigenvalue weighted by Crippen LogP contribution is 2.28. The van der Waals surface area contributed by atoms with E-state index in [1.807, 2.05) is 0 Å². The van der Waals surface area contributed by atoms with Crippen molar-refractivity contribution in [1.82, 2.24) is 9.97 Å². The molecule has 1 saturated carbocycles. The number of rotatable bonds is 2. The lowest BCUT2D eigenvalue weighted by molar-refractivity contribution is 0.309. The summed E-state index contributed by atoms with van der Waals surface area (Å²) < 4.78 is 0. The maximum absolute atomic E-state index is 11.2. The van der Waals surface area contributed by atoms with Gasteiger partial charge < -0.3 is 4.98 Å². The Hall–Kier alpha value is -1.63. The summed E-state index contributed by atoms with van der Waals surface area (Å²) in [5.74, 6) is 1.38. The van der Waals surface area contributed by atoms with E-state index in [0.717, 1.165) is 6.42 Å². The Balaban J connectivity index is 2.16. The monoisotopic (exact) mass is 189 g/mol. The fourth-order valence-electron chi connectivity index (χ4n) is 1.59. The van der Waals surface area contributed by atoms with Crippen LogP contribution in [-0.2, 0) is 6.42 Å². The minimum absolute atomic E-state index is 0.0855. The summed E-state index contributed by atoms with van der Waals surface area (Å²) in [5.41, 5.74) is -0.237. The van der Waals surface area contributed by atoms with E-state index < -0.39 is 0 Å². The van der Waals surface area contributed by atoms with E-state index in [-0.39, 0.29) is 11.1 Å². The Labute approximate surface area is 81.6 Å². The number of H-pyrrole nitrogens is 1. The van der Waals surface area contributed by atoms with Gasteiger partial charge in [0.1, 0.15) is 17.5 Å². The van der Waals surface area contributed by atoms with Gasteiger partial charge in [0.2, 0.25) is 0 Å². The molecule has 4 heteroatoms. The topological polar surface area (TPSA) is 69.5 Å². The van der Waals surface area contributed by atoms with Gasteiger partial charge in [0.15, 0.2) is 0 Å². The highest BCUT2D eigenvalue weighted by Gasteiger charge is 2.18. The molecular formula is C10H11N3O. The average molecular weight is 189 g/mol. The molecule has 4 nitrogen and oxygen atoms in total. The molecule has 1 aromatic heterocycles. The van der Waals surface area contributed by atoms with Crippen molar-refractivity contribution in [2.45, 2.75) is 25.7 Å². The fraction of sp³-hybridized carbons (Fsp3) is 0.500. The zero-order valence-corrected chi connectivity index (χ0v) is 7.79. The lowest BCUT2D eigenvalue weighted by atomic mass is 9.83. The third kappa shape index (κ3) is 1.67. The SMILES string of the molecule is N#Cc1cnc(CC2CCC2)[nH]c1=O. The van der Waals surface area contributed by atoms with Gasteiger partial charge in [-0.2, -0.15) is 5.26 Å². The van der Waals surface area contributed by atoms with Crippen molar-refractivity contribution >= 4 is 0 Å². The van der Waals surface area contributed by atoms with Crippen LogP contribution >= 0.6 is 0 Å². The Morgan fingerprint density at radius 1 is 1.64 bits per heavy atom. The second-order valence-electron chi connectivity index (χ2n) is 3.69. The van der Waals surface area contributed by atoms with Crippen molar-refractivity contribution in [2.24, 2.45) is 5.92 Å². The number of nitriles is 1.